The summed E-state index contributed by atoms with van der Waals surface area (Å²) in [5.41, 5.74) is 1.32. The van der Waals surface area contributed by atoms with Gasteiger partial charge in [0.2, 0.25) is 0 Å². The molecule has 3 heterocycles. The second-order valence-corrected chi connectivity index (χ2v) is 10.1. The third kappa shape index (κ3) is 4.03. The van der Waals surface area contributed by atoms with Crippen molar-refractivity contribution in [3.8, 4) is 17.2 Å². The molecule has 1 aliphatic rings. The Morgan fingerprint density at radius 1 is 1.14 bits per heavy atom. The minimum absolute atomic E-state index is 0.0312. The van der Waals surface area contributed by atoms with Crippen molar-refractivity contribution in [2.75, 3.05) is 7.05 Å². The van der Waals surface area contributed by atoms with Gasteiger partial charge in [-0.1, -0.05) is 54.6 Å². The molecular formula is C29H26N6OS. The van der Waals surface area contributed by atoms with Gasteiger partial charge in [0.25, 0.3) is 5.91 Å². The van der Waals surface area contributed by atoms with Gasteiger partial charge in [0.15, 0.2) is 11.5 Å². The number of nitriles is 1. The SMILES string of the molecule is CN1C(=N)NC(C)(c2cc(-c3cccc(C#N)c3)cs2)C(C/C=C/c2ccccc2)(n2cccn2)C1=O. The number of hydrogen-bond donors (Lipinski definition) is 2. The van der Waals surface area contributed by atoms with E-state index in [1.165, 1.54) is 16.2 Å². The standard InChI is InChI=1S/C29H26N6OS/c1-28(25-18-24(20-37-25)23-13-6-11-22(17-23)19-30)29(35-16-8-15-32-35,26(36)34(2)27(31)33-28)14-7-12-21-9-4-3-5-10-21/h3-13,15-18,20H,14H2,1-2H3,(H2,31,33)/b12-7+. The lowest BCUT2D eigenvalue weighted by atomic mass is 9.71. The number of guanidine groups is 1. The summed E-state index contributed by atoms with van der Waals surface area (Å²) in [6.07, 6.45) is 7.83. The molecule has 0 saturated carbocycles. The molecular weight excluding hydrogens is 480 g/mol. The van der Waals surface area contributed by atoms with E-state index in [0.29, 0.717) is 12.0 Å². The minimum atomic E-state index is -1.18. The van der Waals surface area contributed by atoms with Gasteiger partial charge in [-0.05, 0) is 53.3 Å². The molecule has 0 spiro atoms. The van der Waals surface area contributed by atoms with E-state index in [1.54, 1.807) is 24.0 Å². The monoisotopic (exact) mass is 506 g/mol. The Bertz CT molecular complexity index is 1520. The number of nitrogens with one attached hydrogen (secondary N) is 2. The second kappa shape index (κ2) is 9.52. The Labute approximate surface area is 219 Å². The molecule has 2 unspecified atom stereocenters. The van der Waals surface area contributed by atoms with E-state index < -0.39 is 11.1 Å². The van der Waals surface area contributed by atoms with Gasteiger partial charge in [0.1, 0.15) is 5.54 Å². The van der Waals surface area contributed by atoms with E-state index in [1.807, 2.05) is 91.3 Å². The number of allylic oxidation sites excluding steroid dienone is 1. The fraction of sp³-hybridized carbons (Fsp3) is 0.172. The van der Waals surface area contributed by atoms with Crippen LogP contribution in [0.4, 0.5) is 0 Å². The normalized spacial score (nSPS) is 21.7. The van der Waals surface area contributed by atoms with Crippen LogP contribution in [-0.4, -0.2) is 33.6 Å². The number of carbonyl (C=O) groups is 1. The highest BCUT2D eigenvalue weighted by Gasteiger charge is 2.61. The summed E-state index contributed by atoms with van der Waals surface area (Å²) >= 11 is 1.52. The maximum Gasteiger partial charge on any atom is 0.260 e. The van der Waals surface area contributed by atoms with Gasteiger partial charge >= 0.3 is 0 Å². The van der Waals surface area contributed by atoms with Crippen LogP contribution in [0.15, 0.2) is 90.6 Å². The number of rotatable bonds is 6. The second-order valence-electron chi connectivity index (χ2n) is 9.18. The Balaban J connectivity index is 1.65. The first-order valence-corrected chi connectivity index (χ1v) is 12.7. The Morgan fingerprint density at radius 3 is 2.68 bits per heavy atom. The third-order valence-electron chi connectivity index (χ3n) is 7.03. The smallest absolute Gasteiger partial charge is 0.260 e. The van der Waals surface area contributed by atoms with Crippen LogP contribution in [0.2, 0.25) is 0 Å². The predicted octanol–water partition coefficient (Wildman–Crippen LogP) is 5.19. The van der Waals surface area contributed by atoms with Crippen molar-refractivity contribution in [2.24, 2.45) is 0 Å². The molecule has 7 nitrogen and oxygen atoms in total. The van der Waals surface area contributed by atoms with Crippen LogP contribution < -0.4 is 5.32 Å². The number of thiophene rings is 1. The van der Waals surface area contributed by atoms with Crippen molar-refractivity contribution < 1.29 is 4.79 Å². The molecule has 0 radical (unpaired) electrons. The number of benzene rings is 2. The fourth-order valence-electron chi connectivity index (χ4n) is 4.94. The van der Waals surface area contributed by atoms with Crippen LogP contribution in [0.25, 0.3) is 17.2 Å². The Hall–Kier alpha value is -4.48. The van der Waals surface area contributed by atoms with Gasteiger partial charge in [0.05, 0.1) is 11.6 Å². The van der Waals surface area contributed by atoms with E-state index >= 15 is 0 Å². The van der Waals surface area contributed by atoms with Gasteiger partial charge in [-0.2, -0.15) is 10.4 Å². The molecule has 2 aromatic carbocycles. The number of carbonyl (C=O) groups excluding carboxylic acids is 1. The fourth-order valence-corrected chi connectivity index (χ4v) is 6.05. The first kappa shape index (κ1) is 24.2. The summed E-state index contributed by atoms with van der Waals surface area (Å²) in [6, 6.07) is 23.5. The third-order valence-corrected chi connectivity index (χ3v) is 8.18. The first-order valence-electron chi connectivity index (χ1n) is 11.9. The van der Waals surface area contributed by atoms with Crippen molar-refractivity contribution in [3.63, 3.8) is 0 Å². The van der Waals surface area contributed by atoms with E-state index in [4.69, 9.17) is 5.41 Å². The molecule has 0 bridgehead atoms. The molecule has 184 valence electrons. The largest absolute Gasteiger partial charge is 0.343 e. The van der Waals surface area contributed by atoms with Crippen LogP contribution in [0, 0.1) is 16.7 Å². The van der Waals surface area contributed by atoms with E-state index in [-0.39, 0.29) is 11.9 Å². The summed E-state index contributed by atoms with van der Waals surface area (Å²) in [5, 5.41) is 27.9. The number of likely N-dealkylation sites (N-methyl/N-ethyl adjacent to an activating group) is 1. The molecule has 4 aromatic rings. The summed E-state index contributed by atoms with van der Waals surface area (Å²) in [7, 11) is 1.61. The average Bonchev–Trinajstić information content (AvgIpc) is 3.64. The molecule has 2 N–H and O–H groups in total. The highest BCUT2D eigenvalue weighted by Crippen LogP contribution is 2.48. The van der Waals surface area contributed by atoms with Gasteiger partial charge in [-0.3, -0.25) is 19.8 Å². The van der Waals surface area contributed by atoms with Crippen LogP contribution >= 0.6 is 11.3 Å². The zero-order valence-electron chi connectivity index (χ0n) is 20.6. The molecule has 2 aromatic heterocycles. The zero-order chi connectivity index (χ0) is 26.0. The summed E-state index contributed by atoms with van der Waals surface area (Å²) in [5.74, 6) is -0.190. The summed E-state index contributed by atoms with van der Waals surface area (Å²) in [4.78, 5) is 16.4. The lowest BCUT2D eigenvalue weighted by Crippen LogP contribution is -2.73. The molecule has 2 atom stereocenters. The lowest BCUT2D eigenvalue weighted by molar-refractivity contribution is -0.144. The Morgan fingerprint density at radius 2 is 1.95 bits per heavy atom. The maximum absolute atomic E-state index is 14.2. The van der Waals surface area contributed by atoms with Crippen molar-refractivity contribution in [1.82, 2.24) is 20.0 Å². The number of aromatic nitrogens is 2. The lowest BCUT2D eigenvalue weighted by Gasteiger charge is -2.52. The van der Waals surface area contributed by atoms with Gasteiger partial charge < -0.3 is 5.32 Å². The highest BCUT2D eigenvalue weighted by atomic mass is 32.1. The zero-order valence-corrected chi connectivity index (χ0v) is 21.4. The molecule has 1 aliphatic heterocycles. The minimum Gasteiger partial charge on any atom is -0.343 e. The Kier molecular flexibility index (Phi) is 6.24. The summed E-state index contributed by atoms with van der Waals surface area (Å²) < 4.78 is 1.72. The quantitative estimate of drug-likeness (QED) is 0.376. The molecule has 1 amide bonds. The average molecular weight is 507 g/mol. The van der Waals surface area contributed by atoms with Crippen molar-refractivity contribution in [2.45, 2.75) is 24.4 Å². The van der Waals surface area contributed by atoms with Gasteiger partial charge in [-0.15, -0.1) is 11.3 Å². The first-order chi connectivity index (χ1) is 17.9. The van der Waals surface area contributed by atoms with E-state index in [0.717, 1.165) is 21.6 Å². The molecule has 1 fully saturated rings. The molecule has 37 heavy (non-hydrogen) atoms. The van der Waals surface area contributed by atoms with Gasteiger partial charge in [0, 0.05) is 30.7 Å². The molecule has 5 rings (SSSR count). The van der Waals surface area contributed by atoms with Crippen LogP contribution in [0.5, 0.6) is 0 Å². The molecule has 8 heteroatoms. The van der Waals surface area contributed by atoms with Crippen molar-refractivity contribution in [1.29, 1.82) is 10.7 Å². The van der Waals surface area contributed by atoms with Crippen LogP contribution in [0.3, 0.4) is 0 Å². The van der Waals surface area contributed by atoms with Crippen molar-refractivity contribution in [3.05, 3.63) is 107 Å². The predicted molar refractivity (Wildman–Crippen MR) is 146 cm³/mol. The molecule has 1 saturated heterocycles. The highest BCUT2D eigenvalue weighted by molar-refractivity contribution is 7.10. The van der Waals surface area contributed by atoms with Crippen LogP contribution in [0.1, 0.15) is 29.3 Å². The topological polar surface area (TPSA) is 97.8 Å². The number of nitrogens with zero attached hydrogens (tertiary/aromatic N) is 4. The van der Waals surface area contributed by atoms with Crippen LogP contribution in [-0.2, 0) is 15.9 Å². The number of hydrogen-bond acceptors (Lipinski definition) is 5. The molecule has 0 aliphatic carbocycles. The van der Waals surface area contributed by atoms with E-state index in [2.05, 4.69) is 16.5 Å². The summed E-state index contributed by atoms with van der Waals surface area (Å²) in [6.45, 7) is 1.96. The van der Waals surface area contributed by atoms with E-state index in [9.17, 15) is 10.1 Å². The van der Waals surface area contributed by atoms with Crippen molar-refractivity contribution >= 4 is 29.3 Å². The number of amides is 1. The van der Waals surface area contributed by atoms with Gasteiger partial charge in [-0.25, -0.2) is 0 Å². The maximum atomic E-state index is 14.2.